The molecule has 0 heterocycles. The van der Waals surface area contributed by atoms with E-state index in [-0.39, 0.29) is 296 Å². The van der Waals surface area contributed by atoms with E-state index in [1.54, 1.807) is 0 Å². The molecule has 0 atom stereocenters. The van der Waals surface area contributed by atoms with Gasteiger partial charge in [0.05, 0.1) is 39.1 Å². The van der Waals surface area contributed by atoms with Gasteiger partial charge in [0.15, 0.2) is 0 Å². The summed E-state index contributed by atoms with van der Waals surface area (Å²) < 4.78 is 51.0. The van der Waals surface area contributed by atoms with Gasteiger partial charge in [-0.05, 0) is 0 Å². The minimum atomic E-state index is -5.68. The summed E-state index contributed by atoms with van der Waals surface area (Å²) in [6, 6.07) is 0. The van der Waals surface area contributed by atoms with Crippen molar-refractivity contribution >= 4 is 39.1 Å². The van der Waals surface area contributed by atoms with Crippen molar-refractivity contribution in [2.75, 3.05) is 0 Å². The monoisotopic (exact) mass is 674 g/mol. The van der Waals surface area contributed by atoms with Crippen molar-refractivity contribution in [3.8, 4) is 0 Å². The van der Waals surface area contributed by atoms with E-state index < -0.39 is 39.1 Å². The van der Waals surface area contributed by atoms with Gasteiger partial charge in [-0.1, -0.05) is 0 Å². The van der Waals surface area contributed by atoms with Crippen LogP contribution in [0.5, 0.6) is 0 Å². The first-order valence-corrected chi connectivity index (χ1v) is 11.0. The van der Waals surface area contributed by atoms with E-state index in [0.29, 0.717) is 0 Å². The van der Waals surface area contributed by atoms with Gasteiger partial charge >= 0.3 is 296 Å². The maximum absolute atomic E-state index is 9.32. The predicted octanol–water partition coefficient (Wildman–Crippen LogP) is -38.8. The molecule has 0 aliphatic carbocycles. The van der Waals surface area contributed by atoms with Crippen molar-refractivity contribution in [1.82, 2.24) is 0 Å². The fraction of sp³-hybridized carbons (Fsp3) is 0. The summed E-state index contributed by atoms with van der Waals surface area (Å²) in [5, 5.41) is 0. The Labute approximate surface area is 409 Å². The van der Waals surface area contributed by atoms with E-state index >= 15 is 0 Å². The average molecular weight is 674 g/mol. The standard InChI is InChI=1S/10Na.2H4O7P2.H3O4P/c;;;;;;;;;;2*1-8(2,3)7-9(4,5)6;1-5(2,3)4/h;;;;;;;;;;2*(H2,1,2,3)(H2,4,5,6);(H3,1,2,3,4)/q10*+1;;;/p-10. The molecule has 144 valence electrons. The Morgan fingerprint density at radius 1 is 0.364 bits per heavy atom. The molecule has 0 rings (SSSR count). The van der Waals surface area contributed by atoms with Gasteiger partial charge in [0.25, 0.3) is 0 Å². The first-order valence-electron chi connectivity index (χ1n) is 3.67. The number of hydrogen-bond donors (Lipinski definition) is 1. The third-order valence-corrected chi connectivity index (χ3v) is 3.60. The molecule has 1 N–H and O–H groups in total. The molecule has 0 saturated heterocycles. The summed E-state index contributed by atoms with van der Waals surface area (Å²) in [6.07, 6.45) is 0. The van der Waals surface area contributed by atoms with E-state index in [0.717, 1.165) is 0 Å². The third kappa shape index (κ3) is 137. The molecule has 0 aliphatic heterocycles. The summed E-state index contributed by atoms with van der Waals surface area (Å²) in [4.78, 5) is 98.9. The molecule has 0 aromatic heterocycles. The van der Waals surface area contributed by atoms with Crippen molar-refractivity contribution in [3.63, 3.8) is 0 Å². The molecule has 0 bridgehead atoms. The first-order chi connectivity index (χ1) is 9.41. The molecule has 0 fully saturated rings. The fourth-order valence-electron chi connectivity index (χ4n) is 0.245. The van der Waals surface area contributed by atoms with Crippen molar-refractivity contribution in [3.05, 3.63) is 0 Å². The quantitative estimate of drug-likeness (QED) is 0.214. The molecule has 18 nitrogen and oxygen atoms in total. The second-order valence-electron chi connectivity index (χ2n) is 2.42. The van der Waals surface area contributed by atoms with Gasteiger partial charge in [0.1, 0.15) is 0 Å². The number of hydrogen-bond acceptors (Lipinski definition) is 17. The van der Waals surface area contributed by atoms with Gasteiger partial charge in [-0.3, -0.25) is 0 Å². The van der Waals surface area contributed by atoms with Gasteiger partial charge in [0, 0.05) is 0 Å². The molecule has 0 radical (unpaired) electrons. The average Bonchev–Trinajstić information content (AvgIpc) is 1.81. The van der Waals surface area contributed by atoms with E-state index in [2.05, 4.69) is 8.62 Å². The summed E-state index contributed by atoms with van der Waals surface area (Å²) in [7, 11) is -27.8. The van der Waals surface area contributed by atoms with Crippen molar-refractivity contribution in [1.29, 1.82) is 0 Å². The molecule has 0 aromatic rings. The van der Waals surface area contributed by atoms with Crippen molar-refractivity contribution in [2.45, 2.75) is 0 Å². The van der Waals surface area contributed by atoms with Crippen LogP contribution in [0.15, 0.2) is 0 Å². The minimum Gasteiger partial charge on any atom is -0.790 e. The van der Waals surface area contributed by atoms with E-state index in [4.69, 9.17) is 19.2 Å². The Bertz CT molecular complexity index is 489. The summed E-state index contributed by atoms with van der Waals surface area (Å²) in [5.74, 6) is 0. The van der Waals surface area contributed by atoms with Gasteiger partial charge < -0.3 is 85.3 Å². The second-order valence-corrected chi connectivity index (χ2v) is 8.24. The van der Waals surface area contributed by atoms with Gasteiger partial charge in [-0.25, -0.2) is 0 Å². The largest absolute Gasteiger partial charge is 1.00 e. The molecular weight excluding hydrogens is 673 g/mol. The van der Waals surface area contributed by atoms with Gasteiger partial charge in [-0.2, -0.15) is 0 Å². The zero-order valence-electron chi connectivity index (χ0n) is 19.6. The molecule has 0 saturated carbocycles. The maximum Gasteiger partial charge on any atom is 1.00 e. The second kappa shape index (κ2) is 40.7. The van der Waals surface area contributed by atoms with Crippen LogP contribution in [0.25, 0.3) is 0 Å². The van der Waals surface area contributed by atoms with E-state index in [1.807, 2.05) is 0 Å². The van der Waals surface area contributed by atoms with Crippen LogP contribution in [-0.4, -0.2) is 4.89 Å². The maximum atomic E-state index is 9.32. The Balaban J connectivity index is -0.0000000147. The normalized spacial score (nSPS) is 9.30. The number of rotatable bonds is 4. The molecule has 33 heteroatoms. The SMILES string of the molecule is O=P([O-])([O-])O.O=P([O-])([O-])OP(=O)([O-])[O-].O=P([O-])([O-])OP(=O)([O-])[O-].[Na+].[Na+].[Na+].[Na+].[Na+].[Na+].[Na+].[Na+].[Na+].[Na+]. The van der Waals surface area contributed by atoms with Crippen LogP contribution in [0.2, 0.25) is 0 Å². The smallest absolute Gasteiger partial charge is 0.790 e. The first kappa shape index (κ1) is 84.5. The van der Waals surface area contributed by atoms with Crippen LogP contribution < -0.4 is 345 Å². The Morgan fingerprint density at radius 2 is 0.424 bits per heavy atom. The van der Waals surface area contributed by atoms with E-state index in [9.17, 15) is 57.4 Å². The van der Waals surface area contributed by atoms with Gasteiger partial charge in [0.2, 0.25) is 0 Å². The Morgan fingerprint density at radius 3 is 0.424 bits per heavy atom. The Kier molecular flexibility index (Phi) is 104. The minimum absolute atomic E-state index is 0. The number of phosphoric acid groups is 5. The molecule has 0 aromatic carbocycles. The zero-order valence-corrected chi connectivity index (χ0v) is 44.1. The van der Waals surface area contributed by atoms with Crippen molar-refractivity contribution < 1.29 is 381 Å². The summed E-state index contributed by atoms with van der Waals surface area (Å²) >= 11 is 0. The predicted molar refractivity (Wildman–Crippen MR) is 42.4 cm³/mol. The van der Waals surface area contributed by atoms with Crippen LogP contribution in [0.4, 0.5) is 0 Å². The summed E-state index contributed by atoms with van der Waals surface area (Å²) in [6.45, 7) is 0. The topological polar surface area (TPSA) is 355 Å². The van der Waals surface area contributed by atoms with Gasteiger partial charge in [-0.15, -0.1) is 0 Å². The van der Waals surface area contributed by atoms with Crippen LogP contribution >= 0.6 is 39.1 Å². The molecule has 0 amide bonds. The fourth-order valence-corrected chi connectivity index (χ4v) is 2.20. The molecule has 33 heavy (non-hydrogen) atoms. The van der Waals surface area contributed by atoms with Crippen molar-refractivity contribution in [2.24, 2.45) is 0 Å². The molecule has 0 aliphatic rings. The molecule has 0 unspecified atom stereocenters. The van der Waals surface area contributed by atoms with Crippen LogP contribution in [0, 0.1) is 0 Å². The Hall–Kier alpha value is 10.6. The molecular formula is HNa10O18P5. The third-order valence-electron chi connectivity index (χ3n) is 0.400. The summed E-state index contributed by atoms with van der Waals surface area (Å²) in [5.41, 5.74) is 0. The van der Waals surface area contributed by atoms with Crippen LogP contribution in [-0.2, 0) is 31.4 Å². The van der Waals surface area contributed by atoms with E-state index in [1.165, 1.54) is 0 Å². The van der Waals surface area contributed by atoms with Crippen LogP contribution in [0.1, 0.15) is 0 Å². The zero-order chi connectivity index (χ0) is 19.9. The van der Waals surface area contributed by atoms with Crippen LogP contribution in [0.3, 0.4) is 0 Å². The molecule has 0 spiro atoms.